The highest BCUT2D eigenvalue weighted by Crippen LogP contribution is 2.36. The Labute approximate surface area is 75.3 Å². The van der Waals surface area contributed by atoms with Crippen molar-refractivity contribution in [2.75, 3.05) is 0 Å². The summed E-state index contributed by atoms with van der Waals surface area (Å²) in [5.74, 6) is 1.67. The monoisotopic (exact) mass is 174 g/mol. The Morgan fingerprint density at radius 2 is 2.18 bits per heavy atom. The van der Waals surface area contributed by atoms with Gasteiger partial charge in [-0.1, -0.05) is 33.1 Å². The number of rotatable bonds is 3. The standard InChI is InChI=1S/C10H19Cl/c1-3-5-8(2)9-6-4-7-10(9)11/h8-10H,3-7H2,1-2H3. The van der Waals surface area contributed by atoms with Crippen molar-refractivity contribution in [3.8, 4) is 0 Å². The van der Waals surface area contributed by atoms with Gasteiger partial charge in [0.1, 0.15) is 0 Å². The third kappa shape index (κ3) is 2.37. The molecule has 0 aromatic carbocycles. The van der Waals surface area contributed by atoms with Gasteiger partial charge in [0.15, 0.2) is 0 Å². The second-order valence-corrected chi connectivity index (χ2v) is 4.44. The molecule has 1 heteroatoms. The molecule has 11 heavy (non-hydrogen) atoms. The van der Waals surface area contributed by atoms with E-state index in [2.05, 4.69) is 13.8 Å². The average molecular weight is 175 g/mol. The highest BCUT2D eigenvalue weighted by molar-refractivity contribution is 6.20. The minimum Gasteiger partial charge on any atom is -0.123 e. The van der Waals surface area contributed by atoms with Crippen LogP contribution in [0.25, 0.3) is 0 Å². The Morgan fingerprint density at radius 3 is 2.64 bits per heavy atom. The van der Waals surface area contributed by atoms with E-state index >= 15 is 0 Å². The SMILES string of the molecule is CCCC(C)C1CCCC1Cl. The van der Waals surface area contributed by atoms with Crippen molar-refractivity contribution in [2.45, 2.75) is 51.3 Å². The van der Waals surface area contributed by atoms with Gasteiger partial charge in [0.2, 0.25) is 0 Å². The maximum Gasteiger partial charge on any atom is 0.0366 e. The molecule has 0 aliphatic heterocycles. The molecule has 0 aromatic rings. The van der Waals surface area contributed by atoms with Gasteiger partial charge in [-0.05, 0) is 24.7 Å². The highest BCUT2D eigenvalue weighted by Gasteiger charge is 2.29. The van der Waals surface area contributed by atoms with Crippen molar-refractivity contribution in [3.63, 3.8) is 0 Å². The second kappa shape index (κ2) is 4.35. The van der Waals surface area contributed by atoms with Gasteiger partial charge in [0, 0.05) is 5.38 Å². The van der Waals surface area contributed by atoms with Gasteiger partial charge in [0.05, 0.1) is 0 Å². The number of halogens is 1. The summed E-state index contributed by atoms with van der Waals surface area (Å²) in [6, 6.07) is 0. The molecule has 66 valence electrons. The van der Waals surface area contributed by atoms with Gasteiger partial charge >= 0.3 is 0 Å². The molecule has 0 spiro atoms. The van der Waals surface area contributed by atoms with Crippen molar-refractivity contribution in [1.82, 2.24) is 0 Å². The number of hydrogen-bond donors (Lipinski definition) is 0. The lowest BCUT2D eigenvalue weighted by atomic mass is 9.89. The summed E-state index contributed by atoms with van der Waals surface area (Å²) in [6.07, 6.45) is 6.64. The fourth-order valence-electron chi connectivity index (χ4n) is 2.25. The van der Waals surface area contributed by atoms with Gasteiger partial charge in [-0.25, -0.2) is 0 Å². The molecule has 1 aliphatic rings. The fraction of sp³-hybridized carbons (Fsp3) is 1.00. The van der Waals surface area contributed by atoms with Crippen LogP contribution in [0.2, 0.25) is 0 Å². The largest absolute Gasteiger partial charge is 0.123 e. The van der Waals surface area contributed by atoms with Crippen molar-refractivity contribution >= 4 is 11.6 Å². The van der Waals surface area contributed by atoms with E-state index in [4.69, 9.17) is 11.6 Å². The Hall–Kier alpha value is 0.290. The average Bonchev–Trinajstić information content (AvgIpc) is 2.36. The van der Waals surface area contributed by atoms with E-state index in [1.54, 1.807) is 0 Å². The maximum absolute atomic E-state index is 6.21. The van der Waals surface area contributed by atoms with E-state index < -0.39 is 0 Å². The van der Waals surface area contributed by atoms with E-state index in [0.717, 1.165) is 11.8 Å². The lowest BCUT2D eigenvalue weighted by molar-refractivity contribution is 0.347. The summed E-state index contributed by atoms with van der Waals surface area (Å²) in [6.45, 7) is 4.61. The van der Waals surface area contributed by atoms with Crippen LogP contribution < -0.4 is 0 Å². The van der Waals surface area contributed by atoms with Gasteiger partial charge < -0.3 is 0 Å². The van der Waals surface area contributed by atoms with Gasteiger partial charge in [0.25, 0.3) is 0 Å². The van der Waals surface area contributed by atoms with Crippen LogP contribution in [-0.2, 0) is 0 Å². The van der Waals surface area contributed by atoms with Crippen molar-refractivity contribution < 1.29 is 0 Å². The highest BCUT2D eigenvalue weighted by atomic mass is 35.5. The molecule has 0 saturated heterocycles. The zero-order valence-electron chi connectivity index (χ0n) is 7.65. The molecule has 1 aliphatic carbocycles. The molecule has 0 heterocycles. The van der Waals surface area contributed by atoms with E-state index in [0.29, 0.717) is 5.38 Å². The minimum atomic E-state index is 0.483. The Kier molecular flexibility index (Phi) is 3.71. The van der Waals surface area contributed by atoms with E-state index in [1.165, 1.54) is 32.1 Å². The van der Waals surface area contributed by atoms with E-state index in [9.17, 15) is 0 Å². The predicted molar refractivity (Wildman–Crippen MR) is 51.1 cm³/mol. The molecule has 0 bridgehead atoms. The molecular weight excluding hydrogens is 156 g/mol. The fourth-order valence-corrected chi connectivity index (χ4v) is 2.78. The number of hydrogen-bond acceptors (Lipinski definition) is 0. The Morgan fingerprint density at radius 1 is 1.45 bits per heavy atom. The van der Waals surface area contributed by atoms with Crippen LogP contribution in [0.4, 0.5) is 0 Å². The summed E-state index contributed by atoms with van der Waals surface area (Å²) in [4.78, 5) is 0. The zero-order chi connectivity index (χ0) is 8.27. The molecular formula is C10H19Cl. The molecule has 0 radical (unpaired) electrons. The number of alkyl halides is 1. The molecule has 0 amide bonds. The van der Waals surface area contributed by atoms with Crippen LogP contribution in [0.5, 0.6) is 0 Å². The zero-order valence-corrected chi connectivity index (χ0v) is 8.40. The van der Waals surface area contributed by atoms with Crippen LogP contribution in [0, 0.1) is 11.8 Å². The van der Waals surface area contributed by atoms with Crippen LogP contribution in [0.3, 0.4) is 0 Å². The maximum atomic E-state index is 6.21. The smallest absolute Gasteiger partial charge is 0.0366 e. The predicted octanol–water partition coefficient (Wildman–Crippen LogP) is 3.83. The summed E-state index contributed by atoms with van der Waals surface area (Å²) >= 11 is 6.21. The first kappa shape index (κ1) is 9.38. The summed E-state index contributed by atoms with van der Waals surface area (Å²) in [5, 5.41) is 0.483. The first-order valence-electron chi connectivity index (χ1n) is 4.89. The molecule has 3 unspecified atom stereocenters. The molecule has 0 N–H and O–H groups in total. The Bertz CT molecular complexity index is 111. The van der Waals surface area contributed by atoms with Crippen LogP contribution in [0.15, 0.2) is 0 Å². The molecule has 1 fully saturated rings. The van der Waals surface area contributed by atoms with Crippen LogP contribution >= 0.6 is 11.6 Å². The van der Waals surface area contributed by atoms with E-state index in [-0.39, 0.29) is 0 Å². The van der Waals surface area contributed by atoms with Gasteiger partial charge in [-0.2, -0.15) is 0 Å². The Balaban J connectivity index is 2.33. The van der Waals surface area contributed by atoms with Crippen LogP contribution in [0.1, 0.15) is 46.0 Å². The molecule has 1 rings (SSSR count). The quantitative estimate of drug-likeness (QED) is 0.571. The van der Waals surface area contributed by atoms with E-state index in [1.807, 2.05) is 0 Å². The van der Waals surface area contributed by atoms with Crippen molar-refractivity contribution in [3.05, 3.63) is 0 Å². The van der Waals surface area contributed by atoms with Gasteiger partial charge in [-0.15, -0.1) is 11.6 Å². The molecule has 0 aromatic heterocycles. The third-order valence-corrected chi connectivity index (χ3v) is 3.50. The summed E-state index contributed by atoms with van der Waals surface area (Å²) in [7, 11) is 0. The van der Waals surface area contributed by atoms with Gasteiger partial charge in [-0.3, -0.25) is 0 Å². The summed E-state index contributed by atoms with van der Waals surface area (Å²) < 4.78 is 0. The summed E-state index contributed by atoms with van der Waals surface area (Å²) in [5.41, 5.74) is 0. The minimum absolute atomic E-state index is 0.483. The second-order valence-electron chi connectivity index (χ2n) is 3.88. The van der Waals surface area contributed by atoms with Crippen LogP contribution in [-0.4, -0.2) is 5.38 Å². The third-order valence-electron chi connectivity index (χ3n) is 2.96. The lowest BCUT2D eigenvalue weighted by Gasteiger charge is -2.21. The topological polar surface area (TPSA) is 0 Å². The first-order chi connectivity index (χ1) is 5.25. The lowest BCUT2D eigenvalue weighted by Crippen LogP contribution is -2.16. The first-order valence-corrected chi connectivity index (χ1v) is 5.33. The molecule has 0 nitrogen and oxygen atoms in total. The molecule has 1 saturated carbocycles. The normalized spacial score (nSPS) is 34.1. The molecule has 3 atom stereocenters. The van der Waals surface area contributed by atoms with Crippen molar-refractivity contribution in [2.24, 2.45) is 11.8 Å². The van der Waals surface area contributed by atoms with Crippen molar-refractivity contribution in [1.29, 1.82) is 0 Å².